The van der Waals surface area contributed by atoms with E-state index in [-0.39, 0.29) is 5.56 Å². The minimum atomic E-state index is -0.0551. The highest BCUT2D eigenvalue weighted by Gasteiger charge is 2.20. The molecular formula is C17H20N6O. The highest BCUT2D eigenvalue weighted by molar-refractivity contribution is 5.77. The highest BCUT2D eigenvalue weighted by Crippen LogP contribution is 2.21. The third kappa shape index (κ3) is 3.07. The lowest BCUT2D eigenvalue weighted by Crippen LogP contribution is -2.36. The first-order valence-electron chi connectivity index (χ1n) is 8.34. The Hall–Kier alpha value is -2.54. The Morgan fingerprint density at radius 2 is 2.04 bits per heavy atom. The number of hydrogen-bond donors (Lipinski definition) is 1. The summed E-state index contributed by atoms with van der Waals surface area (Å²) in [6, 6.07) is 7.91. The number of aromatic nitrogens is 5. The molecule has 1 N–H and O–H groups in total. The summed E-state index contributed by atoms with van der Waals surface area (Å²) in [7, 11) is 0. The Kier molecular flexibility index (Phi) is 4.08. The van der Waals surface area contributed by atoms with Crippen molar-refractivity contribution in [2.75, 3.05) is 19.6 Å². The summed E-state index contributed by atoms with van der Waals surface area (Å²) < 4.78 is 1.96. The number of nitrogens with one attached hydrogen (secondary N) is 1. The summed E-state index contributed by atoms with van der Waals surface area (Å²) in [6.07, 6.45) is 6.29. The largest absolute Gasteiger partial charge is 0.310 e. The molecule has 0 atom stereocenters. The summed E-state index contributed by atoms with van der Waals surface area (Å²) in [5, 5.41) is 4.88. The molecule has 4 rings (SSSR count). The predicted octanol–water partition coefficient (Wildman–Crippen LogP) is 1.39. The maximum absolute atomic E-state index is 12.1. The number of para-hydroxylation sites is 1. The van der Waals surface area contributed by atoms with Gasteiger partial charge in [-0.1, -0.05) is 12.1 Å². The number of piperidine rings is 1. The molecule has 0 aliphatic carbocycles. The zero-order chi connectivity index (χ0) is 16.4. The van der Waals surface area contributed by atoms with Gasteiger partial charge in [-0.2, -0.15) is 5.10 Å². The number of H-pyrrole nitrogens is 1. The van der Waals surface area contributed by atoms with Crippen LogP contribution in [0, 0.1) is 0 Å². The average Bonchev–Trinajstić information content (AvgIpc) is 3.15. The van der Waals surface area contributed by atoms with Gasteiger partial charge in [-0.25, -0.2) is 14.6 Å². The summed E-state index contributed by atoms with van der Waals surface area (Å²) in [5.74, 6) is 0.761. The number of benzene rings is 1. The molecule has 0 unspecified atom stereocenters. The lowest BCUT2D eigenvalue weighted by Gasteiger charge is -2.31. The molecule has 24 heavy (non-hydrogen) atoms. The van der Waals surface area contributed by atoms with E-state index in [1.807, 2.05) is 22.9 Å². The fraction of sp³-hybridized carbons (Fsp3) is 0.412. The number of hydrogen-bond acceptors (Lipinski definition) is 5. The molecule has 1 fully saturated rings. The molecule has 7 heteroatoms. The molecule has 2 aromatic heterocycles. The van der Waals surface area contributed by atoms with E-state index < -0.39 is 0 Å². The molecule has 0 bridgehead atoms. The third-order valence-corrected chi connectivity index (χ3v) is 4.69. The summed E-state index contributed by atoms with van der Waals surface area (Å²) >= 11 is 0. The number of nitrogens with zero attached hydrogens (tertiary/aromatic N) is 5. The normalized spacial score (nSPS) is 16.7. The van der Waals surface area contributed by atoms with Crippen LogP contribution >= 0.6 is 0 Å². The maximum atomic E-state index is 12.1. The number of aromatic amines is 1. The van der Waals surface area contributed by atoms with Gasteiger partial charge in [0.2, 0.25) is 0 Å². The van der Waals surface area contributed by atoms with Crippen LogP contribution in [0.15, 0.2) is 41.7 Å². The van der Waals surface area contributed by atoms with Crippen LogP contribution in [0.3, 0.4) is 0 Å². The molecular weight excluding hydrogens is 304 g/mol. The number of likely N-dealkylation sites (tertiary alicyclic amines) is 1. The first kappa shape index (κ1) is 15.0. The minimum Gasteiger partial charge on any atom is -0.310 e. The van der Waals surface area contributed by atoms with Crippen molar-refractivity contribution >= 4 is 10.9 Å². The highest BCUT2D eigenvalue weighted by atomic mass is 16.1. The minimum absolute atomic E-state index is 0.0551. The smallest absolute Gasteiger partial charge is 0.258 e. The Morgan fingerprint density at radius 3 is 2.83 bits per heavy atom. The van der Waals surface area contributed by atoms with Gasteiger partial charge < -0.3 is 9.88 Å². The lowest BCUT2D eigenvalue weighted by atomic mass is 10.1. The van der Waals surface area contributed by atoms with Gasteiger partial charge >= 0.3 is 0 Å². The maximum Gasteiger partial charge on any atom is 0.258 e. The second kappa shape index (κ2) is 6.52. The average molecular weight is 324 g/mol. The Morgan fingerprint density at radius 1 is 1.21 bits per heavy atom. The van der Waals surface area contributed by atoms with E-state index in [1.54, 1.807) is 18.7 Å². The van der Waals surface area contributed by atoms with E-state index in [2.05, 4.69) is 25.0 Å². The number of fused-ring (bicyclic) bond motifs is 1. The molecule has 0 saturated carbocycles. The molecule has 1 aliphatic heterocycles. The van der Waals surface area contributed by atoms with Crippen LogP contribution < -0.4 is 5.56 Å². The topological polar surface area (TPSA) is 79.7 Å². The van der Waals surface area contributed by atoms with Gasteiger partial charge in [-0.3, -0.25) is 4.79 Å². The van der Waals surface area contributed by atoms with Crippen molar-refractivity contribution in [2.24, 2.45) is 0 Å². The Bertz CT molecular complexity index is 864. The predicted molar refractivity (Wildman–Crippen MR) is 90.8 cm³/mol. The first-order chi connectivity index (χ1) is 11.8. The molecule has 0 spiro atoms. The summed E-state index contributed by atoms with van der Waals surface area (Å²) in [4.78, 5) is 26.0. The van der Waals surface area contributed by atoms with Crippen LogP contribution in [0.25, 0.3) is 10.9 Å². The van der Waals surface area contributed by atoms with Crippen molar-refractivity contribution in [2.45, 2.75) is 25.3 Å². The molecule has 1 aliphatic rings. The van der Waals surface area contributed by atoms with E-state index in [0.717, 1.165) is 50.2 Å². The van der Waals surface area contributed by atoms with Crippen molar-refractivity contribution in [1.82, 2.24) is 29.6 Å². The summed E-state index contributed by atoms with van der Waals surface area (Å²) in [6.45, 7) is 2.97. The first-order valence-corrected chi connectivity index (χ1v) is 8.34. The van der Waals surface area contributed by atoms with E-state index in [9.17, 15) is 4.79 Å². The molecule has 0 radical (unpaired) electrons. The van der Waals surface area contributed by atoms with Crippen LogP contribution in [0.5, 0.6) is 0 Å². The van der Waals surface area contributed by atoms with Gasteiger partial charge in [0.15, 0.2) is 0 Å². The van der Waals surface area contributed by atoms with Gasteiger partial charge in [-0.05, 0) is 25.0 Å². The molecule has 124 valence electrons. The van der Waals surface area contributed by atoms with Crippen molar-refractivity contribution in [3.05, 3.63) is 53.1 Å². The second-order valence-corrected chi connectivity index (χ2v) is 6.23. The molecule has 1 aromatic carbocycles. The molecule has 3 heterocycles. The molecule has 0 amide bonds. The van der Waals surface area contributed by atoms with Gasteiger partial charge in [0, 0.05) is 26.1 Å². The van der Waals surface area contributed by atoms with Gasteiger partial charge in [-0.15, -0.1) is 0 Å². The van der Waals surface area contributed by atoms with Crippen LogP contribution in [0.1, 0.15) is 24.7 Å². The zero-order valence-electron chi connectivity index (χ0n) is 13.4. The molecule has 1 saturated heterocycles. The SMILES string of the molecule is O=c1[nH]c(CCN2CCC(n3cncn3)CC2)nc2ccccc12. The van der Waals surface area contributed by atoms with E-state index in [0.29, 0.717) is 11.4 Å². The second-order valence-electron chi connectivity index (χ2n) is 6.23. The number of rotatable bonds is 4. The van der Waals surface area contributed by atoms with Crippen LogP contribution in [-0.2, 0) is 6.42 Å². The fourth-order valence-electron chi connectivity index (χ4n) is 3.33. The molecule has 7 nitrogen and oxygen atoms in total. The zero-order valence-corrected chi connectivity index (χ0v) is 13.4. The van der Waals surface area contributed by atoms with Gasteiger partial charge in [0.1, 0.15) is 18.5 Å². The third-order valence-electron chi connectivity index (χ3n) is 4.69. The van der Waals surface area contributed by atoms with Gasteiger partial charge in [0.05, 0.1) is 16.9 Å². The quantitative estimate of drug-likeness (QED) is 0.784. The van der Waals surface area contributed by atoms with Crippen LogP contribution in [0.4, 0.5) is 0 Å². The fourth-order valence-corrected chi connectivity index (χ4v) is 3.33. The monoisotopic (exact) mass is 324 g/mol. The summed E-state index contributed by atoms with van der Waals surface area (Å²) in [5.41, 5.74) is 0.710. The Labute approximate surface area is 139 Å². The van der Waals surface area contributed by atoms with Crippen molar-refractivity contribution in [3.8, 4) is 0 Å². The molecule has 3 aromatic rings. The van der Waals surface area contributed by atoms with E-state index in [1.165, 1.54) is 0 Å². The standard InChI is InChI=1S/C17H20N6O/c24-17-14-3-1-2-4-15(14)20-16(21-17)7-10-22-8-5-13(6-9-22)23-12-18-11-19-23/h1-4,11-13H,5-10H2,(H,20,21,24). The van der Waals surface area contributed by atoms with Crippen LogP contribution in [0.2, 0.25) is 0 Å². The van der Waals surface area contributed by atoms with E-state index in [4.69, 9.17) is 0 Å². The lowest BCUT2D eigenvalue weighted by molar-refractivity contribution is 0.180. The van der Waals surface area contributed by atoms with Gasteiger partial charge in [0.25, 0.3) is 5.56 Å². The van der Waals surface area contributed by atoms with Crippen molar-refractivity contribution in [1.29, 1.82) is 0 Å². The van der Waals surface area contributed by atoms with Crippen LogP contribution in [-0.4, -0.2) is 49.3 Å². The Balaban J connectivity index is 1.37. The van der Waals surface area contributed by atoms with Crippen molar-refractivity contribution < 1.29 is 0 Å². The van der Waals surface area contributed by atoms with Crippen molar-refractivity contribution in [3.63, 3.8) is 0 Å². The van der Waals surface area contributed by atoms with E-state index >= 15 is 0 Å².